The van der Waals surface area contributed by atoms with Gasteiger partial charge in [0.05, 0.1) is 22.5 Å². The number of carbonyl (C=O) groups is 2. The zero-order valence-corrected chi connectivity index (χ0v) is 23.1. The number of halogens is 4. The molecule has 12 heteroatoms. The van der Waals surface area contributed by atoms with Crippen LogP contribution in [0.25, 0.3) is 0 Å². The highest BCUT2D eigenvalue weighted by Gasteiger charge is 2.35. The van der Waals surface area contributed by atoms with Crippen LogP contribution in [0, 0.1) is 6.92 Å². The maximum absolute atomic E-state index is 13.5. The fraction of sp³-hybridized carbons (Fsp3) is 0.440. The van der Waals surface area contributed by atoms with E-state index in [1.54, 1.807) is 32.9 Å². The molecule has 0 heterocycles. The summed E-state index contributed by atoms with van der Waals surface area (Å²) in [7, 11) is -4.25. The van der Waals surface area contributed by atoms with Gasteiger partial charge in [-0.3, -0.25) is 13.9 Å². The molecule has 0 fully saturated rings. The van der Waals surface area contributed by atoms with E-state index < -0.39 is 57.4 Å². The smallest absolute Gasteiger partial charge is 0.350 e. The number of nitrogens with zero attached hydrogens (tertiary/aromatic N) is 2. The summed E-state index contributed by atoms with van der Waals surface area (Å²) in [6, 6.07) is 8.38. The zero-order valence-electron chi connectivity index (χ0n) is 21.5. The van der Waals surface area contributed by atoms with Crippen molar-refractivity contribution in [2.75, 3.05) is 17.1 Å². The summed E-state index contributed by atoms with van der Waals surface area (Å²) in [5.74, 6) is -1.27. The van der Waals surface area contributed by atoms with Gasteiger partial charge in [0.2, 0.25) is 21.8 Å². The highest BCUT2D eigenvalue weighted by Crippen LogP contribution is 2.36. The van der Waals surface area contributed by atoms with Gasteiger partial charge in [0, 0.05) is 12.1 Å². The van der Waals surface area contributed by atoms with E-state index in [0.717, 1.165) is 24.0 Å². The first-order valence-corrected chi connectivity index (χ1v) is 13.5. The molecule has 37 heavy (non-hydrogen) atoms. The Labute approximate surface area is 220 Å². The topological polar surface area (TPSA) is 86.8 Å². The van der Waals surface area contributed by atoms with E-state index in [-0.39, 0.29) is 11.6 Å². The van der Waals surface area contributed by atoms with E-state index in [4.69, 9.17) is 11.6 Å². The number of benzene rings is 2. The molecule has 204 valence electrons. The van der Waals surface area contributed by atoms with Crippen LogP contribution in [0.4, 0.5) is 18.9 Å². The Morgan fingerprint density at radius 2 is 1.62 bits per heavy atom. The highest BCUT2D eigenvalue weighted by molar-refractivity contribution is 7.92. The average molecular weight is 562 g/mol. The molecule has 2 aromatic carbocycles. The fourth-order valence-electron chi connectivity index (χ4n) is 3.42. The van der Waals surface area contributed by atoms with Crippen LogP contribution in [-0.2, 0) is 32.3 Å². The fourth-order valence-corrected chi connectivity index (χ4v) is 4.54. The zero-order chi connectivity index (χ0) is 28.3. The van der Waals surface area contributed by atoms with Crippen LogP contribution in [0.15, 0.2) is 42.5 Å². The molecule has 0 aliphatic heterocycles. The summed E-state index contributed by atoms with van der Waals surface area (Å²) in [5.41, 5.74) is -0.564. The lowest BCUT2D eigenvalue weighted by molar-refractivity contribution is -0.140. The van der Waals surface area contributed by atoms with Crippen LogP contribution in [0.3, 0.4) is 0 Å². The molecular formula is C25H31ClF3N3O4S. The summed E-state index contributed by atoms with van der Waals surface area (Å²) < 4.78 is 65.7. The number of sulfonamides is 1. The molecule has 0 aromatic heterocycles. The van der Waals surface area contributed by atoms with Gasteiger partial charge in [0.25, 0.3) is 0 Å². The van der Waals surface area contributed by atoms with Crippen LogP contribution >= 0.6 is 11.6 Å². The first-order valence-electron chi connectivity index (χ1n) is 11.3. The molecular weight excluding hydrogens is 531 g/mol. The minimum Gasteiger partial charge on any atom is -0.350 e. The van der Waals surface area contributed by atoms with Crippen molar-refractivity contribution in [3.63, 3.8) is 0 Å². The first-order chi connectivity index (χ1) is 16.8. The van der Waals surface area contributed by atoms with Crippen LogP contribution in [0.1, 0.15) is 44.4 Å². The number of alkyl halides is 3. The SMILES string of the molecule is Cc1ccc(CN(C(=O)CN(c2cc(C(F)(F)F)ccc2Cl)S(C)(=O)=O)C(C)C(=O)NC(C)(C)C)cc1. The minimum atomic E-state index is -4.76. The molecule has 7 nitrogen and oxygen atoms in total. The summed E-state index contributed by atoms with van der Waals surface area (Å²) in [6.45, 7) is 7.79. The molecule has 0 saturated heterocycles. The molecule has 0 saturated carbocycles. The van der Waals surface area contributed by atoms with Gasteiger partial charge >= 0.3 is 6.18 Å². The number of anilines is 1. The van der Waals surface area contributed by atoms with Crippen molar-refractivity contribution in [1.29, 1.82) is 0 Å². The van der Waals surface area contributed by atoms with Crippen LogP contribution < -0.4 is 9.62 Å². The summed E-state index contributed by atoms with van der Waals surface area (Å²) >= 11 is 6.08. The molecule has 0 spiro atoms. The highest BCUT2D eigenvalue weighted by atomic mass is 35.5. The second-order valence-electron chi connectivity index (χ2n) is 9.86. The normalized spacial score (nSPS) is 13.1. The Morgan fingerprint density at radius 1 is 1.05 bits per heavy atom. The van der Waals surface area contributed by atoms with Gasteiger partial charge in [0.15, 0.2) is 0 Å². The van der Waals surface area contributed by atoms with Crippen LogP contribution in [0.5, 0.6) is 0 Å². The second kappa shape index (κ2) is 11.3. The third-order valence-corrected chi connectivity index (χ3v) is 6.81. The minimum absolute atomic E-state index is 0.0359. The van der Waals surface area contributed by atoms with Crippen molar-refractivity contribution in [1.82, 2.24) is 10.2 Å². The molecule has 1 N–H and O–H groups in total. The van der Waals surface area contributed by atoms with E-state index in [1.807, 2.05) is 19.1 Å². The van der Waals surface area contributed by atoms with E-state index >= 15 is 0 Å². The van der Waals surface area contributed by atoms with Gasteiger partial charge in [-0.15, -0.1) is 0 Å². The van der Waals surface area contributed by atoms with Crippen molar-refractivity contribution >= 4 is 39.1 Å². The number of rotatable bonds is 8. The lowest BCUT2D eigenvalue weighted by Gasteiger charge is -2.33. The van der Waals surface area contributed by atoms with E-state index in [0.29, 0.717) is 15.9 Å². The van der Waals surface area contributed by atoms with Crippen molar-refractivity contribution in [3.05, 3.63) is 64.2 Å². The maximum Gasteiger partial charge on any atom is 0.416 e. The van der Waals surface area contributed by atoms with Crippen molar-refractivity contribution in [2.45, 2.75) is 58.9 Å². The average Bonchev–Trinajstić information content (AvgIpc) is 2.74. The Bertz CT molecular complexity index is 1240. The molecule has 1 atom stereocenters. The second-order valence-corrected chi connectivity index (χ2v) is 12.2. The van der Waals surface area contributed by atoms with E-state index in [2.05, 4.69) is 5.32 Å². The predicted molar refractivity (Wildman–Crippen MR) is 138 cm³/mol. The monoisotopic (exact) mass is 561 g/mol. The molecule has 2 amide bonds. The molecule has 2 rings (SSSR count). The van der Waals surface area contributed by atoms with Crippen molar-refractivity contribution in [3.8, 4) is 0 Å². The quantitative estimate of drug-likeness (QED) is 0.503. The number of hydrogen-bond acceptors (Lipinski definition) is 4. The van der Waals surface area contributed by atoms with Gasteiger partial charge in [0.1, 0.15) is 12.6 Å². The van der Waals surface area contributed by atoms with E-state index in [9.17, 15) is 31.2 Å². The Balaban J connectivity index is 2.51. The lowest BCUT2D eigenvalue weighted by Crippen LogP contribution is -2.54. The third-order valence-electron chi connectivity index (χ3n) is 5.36. The summed E-state index contributed by atoms with van der Waals surface area (Å²) in [6.07, 6.45) is -4.00. The van der Waals surface area contributed by atoms with Crippen molar-refractivity contribution < 1.29 is 31.2 Å². The van der Waals surface area contributed by atoms with Gasteiger partial charge in [-0.2, -0.15) is 13.2 Å². The van der Waals surface area contributed by atoms with Crippen LogP contribution in [-0.4, -0.2) is 49.5 Å². The van der Waals surface area contributed by atoms with Crippen LogP contribution in [0.2, 0.25) is 5.02 Å². The van der Waals surface area contributed by atoms with Gasteiger partial charge in [-0.1, -0.05) is 41.4 Å². The molecule has 0 radical (unpaired) electrons. The molecule has 1 unspecified atom stereocenters. The predicted octanol–water partition coefficient (Wildman–Crippen LogP) is 4.77. The number of aryl methyl sites for hydroxylation is 1. The van der Waals surface area contributed by atoms with Gasteiger partial charge in [-0.05, 0) is 58.4 Å². The van der Waals surface area contributed by atoms with Gasteiger partial charge < -0.3 is 10.2 Å². The number of nitrogens with one attached hydrogen (secondary N) is 1. The third kappa shape index (κ3) is 8.63. The molecule has 0 aliphatic rings. The lowest BCUT2D eigenvalue weighted by atomic mass is 10.1. The molecule has 0 aliphatic carbocycles. The standard InChI is InChI=1S/C25H31ClF3N3O4S/c1-16-7-9-18(10-8-16)14-31(17(2)23(34)30-24(3,4)5)22(33)15-32(37(6,35)36)21-13-19(25(27,28)29)11-12-20(21)26/h7-13,17H,14-15H2,1-6H3,(H,30,34). The Morgan fingerprint density at radius 3 is 2.11 bits per heavy atom. The van der Waals surface area contributed by atoms with Gasteiger partial charge in [-0.25, -0.2) is 8.42 Å². The number of amides is 2. The number of carbonyl (C=O) groups excluding carboxylic acids is 2. The largest absolute Gasteiger partial charge is 0.416 e. The summed E-state index contributed by atoms with van der Waals surface area (Å²) in [5, 5.41) is 2.50. The first kappa shape index (κ1) is 30.4. The van der Waals surface area contributed by atoms with E-state index in [1.165, 1.54) is 11.8 Å². The van der Waals surface area contributed by atoms with Crippen molar-refractivity contribution in [2.24, 2.45) is 0 Å². The molecule has 2 aromatic rings. The summed E-state index contributed by atoms with van der Waals surface area (Å²) in [4.78, 5) is 27.6. The Kier molecular flexibility index (Phi) is 9.30. The maximum atomic E-state index is 13.5. The number of hydrogen-bond donors (Lipinski definition) is 1. The Hall–Kier alpha value is -2.79. The molecule has 0 bridgehead atoms.